The van der Waals surface area contributed by atoms with Crippen molar-refractivity contribution in [2.75, 3.05) is 11.6 Å². The van der Waals surface area contributed by atoms with Crippen LogP contribution in [0.5, 0.6) is 0 Å². The maximum Gasteiger partial charge on any atom is 0.234 e. The molecule has 0 bridgehead atoms. The fourth-order valence-electron chi connectivity index (χ4n) is 1.73. The van der Waals surface area contributed by atoms with E-state index in [1.807, 2.05) is 26.0 Å². The highest BCUT2D eigenvalue weighted by molar-refractivity contribution is 7.84. The van der Waals surface area contributed by atoms with Crippen LogP contribution >= 0.6 is 0 Å². The molecule has 1 aliphatic heterocycles. The van der Waals surface area contributed by atoms with Gasteiger partial charge in [0.15, 0.2) is 0 Å². The van der Waals surface area contributed by atoms with Crippen molar-refractivity contribution in [2.24, 2.45) is 0 Å². The van der Waals surface area contributed by atoms with E-state index < -0.39 is 16.2 Å². The lowest BCUT2D eigenvalue weighted by Gasteiger charge is -2.15. The van der Waals surface area contributed by atoms with Crippen LogP contribution in [-0.2, 0) is 21.0 Å². The first-order valence-corrected chi connectivity index (χ1v) is 6.28. The molecule has 1 aliphatic rings. The number of anilines is 1. The minimum Gasteiger partial charge on any atom is -0.325 e. The Labute approximate surface area is 91.3 Å². The fourth-order valence-corrected chi connectivity index (χ4v) is 2.27. The summed E-state index contributed by atoms with van der Waals surface area (Å²) >= 11 is 0. The second kappa shape index (κ2) is 3.17. The van der Waals surface area contributed by atoms with Crippen molar-refractivity contribution in [1.82, 2.24) is 0 Å². The van der Waals surface area contributed by atoms with Crippen molar-refractivity contribution < 1.29 is 9.00 Å². The lowest BCUT2D eigenvalue weighted by atomic mass is 9.86. The largest absolute Gasteiger partial charge is 0.325 e. The van der Waals surface area contributed by atoms with Crippen LogP contribution in [0.1, 0.15) is 19.4 Å². The van der Waals surface area contributed by atoms with Crippen LogP contribution < -0.4 is 5.32 Å². The van der Waals surface area contributed by atoms with Gasteiger partial charge in [-0.15, -0.1) is 0 Å². The molecule has 1 atom stereocenters. The van der Waals surface area contributed by atoms with Gasteiger partial charge in [-0.3, -0.25) is 9.00 Å². The molecule has 1 aromatic carbocycles. The second-order valence-corrected chi connectivity index (χ2v) is 5.62. The molecule has 3 nitrogen and oxygen atoms in total. The third-order valence-electron chi connectivity index (χ3n) is 2.81. The number of rotatable bonds is 1. The molecule has 0 aliphatic carbocycles. The zero-order valence-electron chi connectivity index (χ0n) is 8.96. The average Bonchev–Trinajstić information content (AvgIpc) is 2.38. The van der Waals surface area contributed by atoms with Crippen LogP contribution in [0, 0.1) is 0 Å². The van der Waals surface area contributed by atoms with Gasteiger partial charge in [0.2, 0.25) is 5.91 Å². The molecule has 80 valence electrons. The van der Waals surface area contributed by atoms with Gasteiger partial charge in [0.25, 0.3) is 0 Å². The number of hydrogen-bond acceptors (Lipinski definition) is 2. The Kier molecular flexibility index (Phi) is 2.19. The SMILES string of the molecule is CS(=O)c1ccc2c(c1)C(C)(C)C(=O)N2. The second-order valence-electron chi connectivity index (χ2n) is 4.24. The van der Waals surface area contributed by atoms with Gasteiger partial charge in [-0.1, -0.05) is 0 Å². The predicted molar refractivity (Wildman–Crippen MR) is 60.4 cm³/mol. The Morgan fingerprint density at radius 3 is 2.60 bits per heavy atom. The summed E-state index contributed by atoms with van der Waals surface area (Å²) in [4.78, 5) is 12.4. The molecular formula is C11H13NO2S. The van der Waals surface area contributed by atoms with E-state index in [0.717, 1.165) is 16.1 Å². The van der Waals surface area contributed by atoms with Crippen molar-refractivity contribution in [3.8, 4) is 0 Å². The van der Waals surface area contributed by atoms with Crippen molar-refractivity contribution in [3.05, 3.63) is 23.8 Å². The van der Waals surface area contributed by atoms with Gasteiger partial charge >= 0.3 is 0 Å². The first-order valence-electron chi connectivity index (χ1n) is 4.72. The van der Waals surface area contributed by atoms with E-state index in [-0.39, 0.29) is 5.91 Å². The lowest BCUT2D eigenvalue weighted by Crippen LogP contribution is -2.26. The highest BCUT2D eigenvalue weighted by Crippen LogP contribution is 2.37. The van der Waals surface area contributed by atoms with Gasteiger partial charge in [0.1, 0.15) is 0 Å². The number of carbonyl (C=O) groups is 1. The van der Waals surface area contributed by atoms with Gasteiger partial charge in [-0.05, 0) is 37.6 Å². The van der Waals surface area contributed by atoms with Crippen molar-refractivity contribution in [3.63, 3.8) is 0 Å². The molecule has 1 unspecified atom stereocenters. The van der Waals surface area contributed by atoms with Gasteiger partial charge in [-0.2, -0.15) is 0 Å². The Bertz CT molecular complexity index is 466. The van der Waals surface area contributed by atoms with E-state index >= 15 is 0 Å². The molecule has 1 aromatic rings. The quantitative estimate of drug-likeness (QED) is 0.787. The smallest absolute Gasteiger partial charge is 0.234 e. The highest BCUT2D eigenvalue weighted by Gasteiger charge is 2.38. The average molecular weight is 223 g/mol. The summed E-state index contributed by atoms with van der Waals surface area (Å²) in [6.45, 7) is 3.74. The summed E-state index contributed by atoms with van der Waals surface area (Å²) in [5.41, 5.74) is 1.24. The first-order chi connectivity index (χ1) is 6.93. The summed E-state index contributed by atoms with van der Waals surface area (Å²) in [6, 6.07) is 5.46. The maximum atomic E-state index is 11.6. The lowest BCUT2D eigenvalue weighted by molar-refractivity contribution is -0.119. The minimum atomic E-state index is -1.00. The van der Waals surface area contributed by atoms with Crippen molar-refractivity contribution in [1.29, 1.82) is 0 Å². The highest BCUT2D eigenvalue weighted by atomic mass is 32.2. The molecule has 4 heteroatoms. The molecular weight excluding hydrogens is 210 g/mol. The standard InChI is InChI=1S/C11H13NO2S/c1-11(2)8-6-7(15(3)14)4-5-9(8)12-10(11)13/h4-6H,1-3H3,(H,12,13). The number of amides is 1. The van der Waals surface area contributed by atoms with E-state index in [1.165, 1.54) is 0 Å². The van der Waals surface area contributed by atoms with Gasteiger partial charge in [0, 0.05) is 27.6 Å². The predicted octanol–water partition coefficient (Wildman–Crippen LogP) is 1.65. The van der Waals surface area contributed by atoms with Crippen molar-refractivity contribution in [2.45, 2.75) is 24.2 Å². The molecule has 1 amide bonds. The molecule has 2 rings (SSSR count). The van der Waals surface area contributed by atoms with Crippen LogP contribution in [0.4, 0.5) is 5.69 Å². The van der Waals surface area contributed by atoms with Crippen LogP contribution in [0.15, 0.2) is 23.1 Å². The normalized spacial score (nSPS) is 19.5. The number of hydrogen-bond donors (Lipinski definition) is 1. The molecule has 1 N–H and O–H groups in total. The summed E-state index contributed by atoms with van der Waals surface area (Å²) in [7, 11) is -1.00. The third kappa shape index (κ3) is 1.49. The van der Waals surface area contributed by atoms with Crippen LogP contribution in [0.2, 0.25) is 0 Å². The Morgan fingerprint density at radius 2 is 2.00 bits per heavy atom. The fraction of sp³-hybridized carbons (Fsp3) is 0.364. The number of nitrogens with one attached hydrogen (secondary N) is 1. The van der Waals surface area contributed by atoms with E-state index in [4.69, 9.17) is 0 Å². The number of carbonyl (C=O) groups excluding carboxylic acids is 1. The maximum absolute atomic E-state index is 11.6. The topological polar surface area (TPSA) is 46.2 Å². The van der Waals surface area contributed by atoms with E-state index in [0.29, 0.717) is 0 Å². The molecule has 0 saturated heterocycles. The Morgan fingerprint density at radius 1 is 1.33 bits per heavy atom. The molecule has 0 spiro atoms. The number of fused-ring (bicyclic) bond motifs is 1. The Hall–Kier alpha value is -1.16. The monoisotopic (exact) mass is 223 g/mol. The van der Waals surface area contributed by atoms with E-state index in [1.54, 1.807) is 12.3 Å². The minimum absolute atomic E-state index is 0.00321. The van der Waals surface area contributed by atoms with E-state index in [9.17, 15) is 9.00 Å². The van der Waals surface area contributed by atoms with Crippen LogP contribution in [-0.4, -0.2) is 16.4 Å². The van der Waals surface area contributed by atoms with Crippen molar-refractivity contribution >= 4 is 22.4 Å². The molecule has 1 heterocycles. The van der Waals surface area contributed by atoms with Gasteiger partial charge < -0.3 is 5.32 Å². The van der Waals surface area contributed by atoms with Crippen LogP contribution in [0.25, 0.3) is 0 Å². The molecule has 0 saturated carbocycles. The van der Waals surface area contributed by atoms with Gasteiger partial charge in [-0.25, -0.2) is 0 Å². The van der Waals surface area contributed by atoms with Crippen LogP contribution in [0.3, 0.4) is 0 Å². The summed E-state index contributed by atoms with van der Waals surface area (Å²) in [6.07, 6.45) is 1.64. The zero-order valence-corrected chi connectivity index (χ0v) is 9.77. The van der Waals surface area contributed by atoms with E-state index in [2.05, 4.69) is 5.32 Å². The Balaban J connectivity index is 2.59. The zero-order chi connectivity index (χ0) is 11.2. The molecule has 0 radical (unpaired) electrons. The third-order valence-corrected chi connectivity index (χ3v) is 3.73. The first kappa shape index (κ1) is 10.4. The number of benzene rings is 1. The molecule has 15 heavy (non-hydrogen) atoms. The molecule has 0 fully saturated rings. The van der Waals surface area contributed by atoms with Gasteiger partial charge in [0.05, 0.1) is 5.41 Å². The summed E-state index contributed by atoms with van der Waals surface area (Å²) in [5, 5.41) is 2.82. The molecule has 0 aromatic heterocycles. The summed E-state index contributed by atoms with van der Waals surface area (Å²) in [5.74, 6) is -0.00321. The summed E-state index contributed by atoms with van der Waals surface area (Å²) < 4.78 is 11.3.